The lowest BCUT2D eigenvalue weighted by Crippen LogP contribution is -2.11. The lowest BCUT2D eigenvalue weighted by atomic mass is 10.2. The van der Waals surface area contributed by atoms with E-state index in [1.165, 1.54) is 7.11 Å². The third kappa shape index (κ3) is 4.80. The van der Waals surface area contributed by atoms with Crippen molar-refractivity contribution < 1.29 is 32.9 Å². The molecule has 1 N–H and O–H groups in total. The second-order valence-electron chi connectivity index (χ2n) is 3.53. The average molecular weight is 276 g/mol. The lowest BCUT2D eigenvalue weighted by molar-refractivity contribution is 0.0530. The number of ether oxygens (including phenoxy) is 3. The van der Waals surface area contributed by atoms with Crippen LogP contribution in [-0.2, 0) is 9.47 Å². The zero-order valence-corrected chi connectivity index (χ0v) is 10.3. The first kappa shape index (κ1) is 15.3. The Bertz CT molecular complexity index is 413. The Balaban J connectivity index is 2.52. The smallest absolute Gasteiger partial charge is 0.335 e. The van der Waals surface area contributed by atoms with Gasteiger partial charge in [0, 0.05) is 7.11 Å². The van der Waals surface area contributed by atoms with E-state index in [-0.39, 0.29) is 13.2 Å². The fourth-order valence-corrected chi connectivity index (χ4v) is 1.27. The van der Waals surface area contributed by atoms with E-state index in [1.54, 1.807) is 0 Å². The first-order valence-electron chi connectivity index (χ1n) is 5.48. The van der Waals surface area contributed by atoms with E-state index in [4.69, 9.17) is 19.3 Å². The molecule has 0 aliphatic heterocycles. The van der Waals surface area contributed by atoms with Crippen LogP contribution in [-0.4, -0.2) is 44.6 Å². The molecule has 19 heavy (non-hydrogen) atoms. The van der Waals surface area contributed by atoms with Gasteiger partial charge in [0.2, 0.25) is 0 Å². The molecule has 0 radical (unpaired) electrons. The molecule has 0 saturated heterocycles. The fraction of sp³-hybridized carbons (Fsp3) is 0.417. The summed E-state index contributed by atoms with van der Waals surface area (Å²) in [6.07, 6.45) is 0. The molecule has 0 spiro atoms. The minimum Gasteiger partial charge on any atom is -0.485 e. The Morgan fingerprint density at radius 3 is 2.26 bits per heavy atom. The second-order valence-corrected chi connectivity index (χ2v) is 3.53. The number of aromatic carboxylic acids is 1. The number of hydrogen-bond donors (Lipinski definition) is 1. The van der Waals surface area contributed by atoms with E-state index in [2.05, 4.69) is 0 Å². The van der Waals surface area contributed by atoms with E-state index in [0.29, 0.717) is 25.3 Å². The maximum atomic E-state index is 13.4. The van der Waals surface area contributed by atoms with Crippen LogP contribution in [0.1, 0.15) is 10.4 Å². The number of hydrogen-bond acceptors (Lipinski definition) is 4. The molecule has 106 valence electrons. The Labute approximate surface area is 108 Å². The summed E-state index contributed by atoms with van der Waals surface area (Å²) in [6.45, 7) is 0.853. The van der Waals surface area contributed by atoms with Crippen LogP contribution < -0.4 is 4.74 Å². The predicted octanol–water partition coefficient (Wildman–Crippen LogP) is 1.70. The van der Waals surface area contributed by atoms with E-state index < -0.39 is 28.9 Å². The normalized spacial score (nSPS) is 10.5. The van der Waals surface area contributed by atoms with Crippen LogP contribution in [0.4, 0.5) is 8.78 Å². The van der Waals surface area contributed by atoms with Gasteiger partial charge in [-0.15, -0.1) is 0 Å². The van der Waals surface area contributed by atoms with Crippen molar-refractivity contribution >= 4 is 5.97 Å². The van der Waals surface area contributed by atoms with Crippen molar-refractivity contribution in [3.8, 4) is 5.75 Å². The Hall–Kier alpha value is -1.73. The number of halogens is 2. The van der Waals surface area contributed by atoms with Gasteiger partial charge in [0.15, 0.2) is 17.4 Å². The molecule has 0 aromatic heterocycles. The minimum absolute atomic E-state index is 0.0516. The van der Waals surface area contributed by atoms with Crippen molar-refractivity contribution in [1.82, 2.24) is 0 Å². The Morgan fingerprint density at radius 2 is 1.74 bits per heavy atom. The standard InChI is InChI=1S/C12H14F2O5/c1-17-2-3-18-4-5-19-11-9(13)6-8(12(15)16)7-10(11)14/h6-7H,2-5H2,1H3,(H,15,16). The first-order valence-corrected chi connectivity index (χ1v) is 5.48. The lowest BCUT2D eigenvalue weighted by Gasteiger charge is -2.09. The zero-order valence-electron chi connectivity index (χ0n) is 10.3. The molecule has 0 unspecified atom stereocenters. The molecule has 0 aliphatic rings. The molecular formula is C12H14F2O5. The van der Waals surface area contributed by atoms with Gasteiger partial charge in [-0.2, -0.15) is 0 Å². The SMILES string of the molecule is COCCOCCOc1c(F)cc(C(=O)O)cc1F. The summed E-state index contributed by atoms with van der Waals surface area (Å²) in [7, 11) is 1.52. The van der Waals surface area contributed by atoms with Crippen molar-refractivity contribution in [1.29, 1.82) is 0 Å². The molecule has 1 aromatic rings. The van der Waals surface area contributed by atoms with Crippen molar-refractivity contribution in [3.63, 3.8) is 0 Å². The van der Waals surface area contributed by atoms with Gasteiger partial charge in [-0.25, -0.2) is 13.6 Å². The maximum Gasteiger partial charge on any atom is 0.335 e. The highest BCUT2D eigenvalue weighted by Crippen LogP contribution is 2.23. The van der Waals surface area contributed by atoms with Gasteiger partial charge in [0.1, 0.15) is 6.61 Å². The van der Waals surface area contributed by atoms with Gasteiger partial charge in [0.05, 0.1) is 25.4 Å². The number of carbonyl (C=O) groups is 1. The molecule has 0 fully saturated rings. The Kier molecular flexibility index (Phi) is 6.17. The average Bonchev–Trinajstić information content (AvgIpc) is 2.35. The molecule has 7 heteroatoms. The predicted molar refractivity (Wildman–Crippen MR) is 61.5 cm³/mol. The van der Waals surface area contributed by atoms with Crippen molar-refractivity contribution in [2.75, 3.05) is 33.5 Å². The van der Waals surface area contributed by atoms with Crippen LogP contribution in [0.3, 0.4) is 0 Å². The van der Waals surface area contributed by atoms with Gasteiger partial charge >= 0.3 is 5.97 Å². The number of rotatable bonds is 8. The van der Waals surface area contributed by atoms with Crippen LogP contribution in [0.15, 0.2) is 12.1 Å². The second kappa shape index (κ2) is 7.65. The molecule has 1 rings (SSSR count). The molecular weight excluding hydrogens is 262 g/mol. The summed E-state index contributed by atoms with van der Waals surface area (Å²) in [4.78, 5) is 10.6. The fourth-order valence-electron chi connectivity index (χ4n) is 1.27. The van der Waals surface area contributed by atoms with Gasteiger partial charge in [-0.3, -0.25) is 0 Å². The van der Waals surface area contributed by atoms with Crippen molar-refractivity contribution in [2.45, 2.75) is 0 Å². The monoisotopic (exact) mass is 276 g/mol. The molecule has 5 nitrogen and oxygen atoms in total. The maximum absolute atomic E-state index is 13.4. The third-order valence-electron chi connectivity index (χ3n) is 2.15. The van der Waals surface area contributed by atoms with E-state index in [1.807, 2.05) is 0 Å². The third-order valence-corrected chi connectivity index (χ3v) is 2.15. The summed E-state index contributed by atoms with van der Waals surface area (Å²) in [5.74, 6) is -4.14. The molecule has 0 heterocycles. The summed E-state index contributed by atoms with van der Waals surface area (Å²) in [6, 6.07) is 1.40. The van der Waals surface area contributed by atoms with Gasteiger partial charge in [0.25, 0.3) is 0 Å². The summed E-state index contributed by atoms with van der Waals surface area (Å²) >= 11 is 0. The Morgan fingerprint density at radius 1 is 1.16 bits per heavy atom. The highest BCUT2D eigenvalue weighted by Gasteiger charge is 2.15. The molecule has 0 saturated carbocycles. The van der Waals surface area contributed by atoms with Gasteiger partial charge < -0.3 is 19.3 Å². The van der Waals surface area contributed by atoms with Crippen LogP contribution in [0.25, 0.3) is 0 Å². The minimum atomic E-state index is -1.41. The number of benzene rings is 1. The highest BCUT2D eigenvalue weighted by molar-refractivity contribution is 5.87. The summed E-state index contributed by atoms with van der Waals surface area (Å²) in [5.41, 5.74) is -0.473. The molecule has 1 aromatic carbocycles. The van der Waals surface area contributed by atoms with Crippen LogP contribution in [0.5, 0.6) is 5.75 Å². The van der Waals surface area contributed by atoms with Gasteiger partial charge in [-0.1, -0.05) is 0 Å². The molecule has 0 bridgehead atoms. The van der Waals surface area contributed by atoms with Crippen molar-refractivity contribution in [3.05, 3.63) is 29.3 Å². The van der Waals surface area contributed by atoms with Crippen LogP contribution in [0, 0.1) is 11.6 Å². The van der Waals surface area contributed by atoms with E-state index in [9.17, 15) is 13.6 Å². The first-order chi connectivity index (χ1) is 9.06. The van der Waals surface area contributed by atoms with Crippen LogP contribution in [0.2, 0.25) is 0 Å². The summed E-state index contributed by atoms with van der Waals surface area (Å²) in [5, 5.41) is 8.62. The number of methoxy groups -OCH3 is 1. The van der Waals surface area contributed by atoms with E-state index >= 15 is 0 Å². The van der Waals surface area contributed by atoms with Crippen LogP contribution >= 0.6 is 0 Å². The zero-order chi connectivity index (χ0) is 14.3. The number of carboxylic acids is 1. The molecule has 0 aliphatic carbocycles. The van der Waals surface area contributed by atoms with Crippen molar-refractivity contribution in [2.24, 2.45) is 0 Å². The van der Waals surface area contributed by atoms with E-state index in [0.717, 1.165) is 0 Å². The molecule has 0 amide bonds. The quantitative estimate of drug-likeness (QED) is 0.732. The molecule has 0 atom stereocenters. The topological polar surface area (TPSA) is 65.0 Å². The number of carboxylic acid groups (broad SMARTS) is 1. The highest BCUT2D eigenvalue weighted by atomic mass is 19.1. The largest absolute Gasteiger partial charge is 0.485 e. The van der Waals surface area contributed by atoms with Gasteiger partial charge in [-0.05, 0) is 12.1 Å². The summed E-state index contributed by atoms with van der Waals surface area (Å²) < 4.78 is 41.5.